The van der Waals surface area contributed by atoms with E-state index in [-0.39, 0.29) is 11.7 Å². The number of hydrogen-bond acceptors (Lipinski definition) is 3. The summed E-state index contributed by atoms with van der Waals surface area (Å²) < 4.78 is 17.0. The fraction of sp³-hybridized carbons (Fsp3) is 0.353. The number of halogens is 1. The van der Waals surface area contributed by atoms with Crippen molar-refractivity contribution in [1.29, 1.82) is 0 Å². The average Bonchev–Trinajstić information content (AvgIpc) is 3.11. The van der Waals surface area contributed by atoms with Gasteiger partial charge in [0.15, 0.2) is 0 Å². The predicted octanol–water partition coefficient (Wildman–Crippen LogP) is 2.14. The number of nitrogens with zero attached hydrogens (tertiary/aromatic N) is 4. The molecule has 0 aliphatic rings. The highest BCUT2D eigenvalue weighted by Gasteiger charge is 2.20. The van der Waals surface area contributed by atoms with Gasteiger partial charge in [0.05, 0.1) is 11.9 Å². The zero-order valence-corrected chi connectivity index (χ0v) is 14.0. The number of carbonyl (C=O) groups excluding carboxylic acids is 1. The summed E-state index contributed by atoms with van der Waals surface area (Å²) in [7, 11) is 1.85. The quantitative estimate of drug-likeness (QED) is 0.780. The van der Waals surface area contributed by atoms with Crippen molar-refractivity contribution in [3.63, 3.8) is 0 Å². The molecule has 1 amide bonds. The van der Waals surface area contributed by atoms with Gasteiger partial charge in [0.25, 0.3) is 0 Å². The number of benzene rings is 1. The van der Waals surface area contributed by atoms with Crippen molar-refractivity contribution in [2.24, 2.45) is 7.05 Å². The third-order valence-corrected chi connectivity index (χ3v) is 4.17. The van der Waals surface area contributed by atoms with E-state index in [0.717, 1.165) is 16.7 Å². The highest BCUT2D eigenvalue weighted by molar-refractivity contribution is 5.84. The molecule has 7 heteroatoms. The highest BCUT2D eigenvalue weighted by Crippen LogP contribution is 2.20. The maximum atomic E-state index is 13.6. The first-order chi connectivity index (χ1) is 11.5. The van der Waals surface area contributed by atoms with Crippen molar-refractivity contribution in [3.05, 3.63) is 47.5 Å². The van der Waals surface area contributed by atoms with Gasteiger partial charge < -0.3 is 5.32 Å². The SMILES string of the molecule is Cc1nn(C)c2cnn(C(C)C(=O)NCCc3ccccc3F)c12. The van der Waals surface area contributed by atoms with E-state index < -0.39 is 6.04 Å². The maximum absolute atomic E-state index is 13.6. The highest BCUT2D eigenvalue weighted by atomic mass is 19.1. The lowest BCUT2D eigenvalue weighted by atomic mass is 10.1. The van der Waals surface area contributed by atoms with Crippen LogP contribution in [0.5, 0.6) is 0 Å². The van der Waals surface area contributed by atoms with Gasteiger partial charge in [0.2, 0.25) is 5.91 Å². The monoisotopic (exact) mass is 329 g/mol. The van der Waals surface area contributed by atoms with Gasteiger partial charge in [-0.05, 0) is 31.9 Å². The molecule has 24 heavy (non-hydrogen) atoms. The number of carbonyl (C=O) groups is 1. The molecule has 0 aliphatic carbocycles. The van der Waals surface area contributed by atoms with E-state index in [2.05, 4.69) is 15.5 Å². The molecular formula is C17H20FN5O. The van der Waals surface area contributed by atoms with E-state index in [1.165, 1.54) is 6.07 Å². The summed E-state index contributed by atoms with van der Waals surface area (Å²) in [5.74, 6) is -0.404. The minimum atomic E-state index is -0.467. The Bertz CT molecular complexity index is 882. The fourth-order valence-corrected chi connectivity index (χ4v) is 2.84. The van der Waals surface area contributed by atoms with Crippen LogP contribution in [0.15, 0.2) is 30.5 Å². The molecule has 0 fully saturated rings. The molecule has 0 saturated carbocycles. The van der Waals surface area contributed by atoms with Crippen molar-refractivity contribution < 1.29 is 9.18 Å². The molecule has 6 nitrogen and oxygen atoms in total. The summed E-state index contributed by atoms with van der Waals surface area (Å²) in [6, 6.07) is 6.12. The van der Waals surface area contributed by atoms with Crippen LogP contribution in [0.3, 0.4) is 0 Å². The van der Waals surface area contributed by atoms with E-state index in [1.807, 2.05) is 14.0 Å². The lowest BCUT2D eigenvalue weighted by Gasteiger charge is -2.13. The normalized spacial score (nSPS) is 12.5. The summed E-state index contributed by atoms with van der Waals surface area (Å²) in [6.07, 6.45) is 2.16. The Morgan fingerprint density at radius 1 is 1.38 bits per heavy atom. The fourth-order valence-electron chi connectivity index (χ4n) is 2.84. The Morgan fingerprint density at radius 2 is 2.12 bits per heavy atom. The molecule has 3 rings (SSSR count). The van der Waals surface area contributed by atoms with E-state index >= 15 is 0 Å². The van der Waals surface area contributed by atoms with Gasteiger partial charge >= 0.3 is 0 Å². The first kappa shape index (κ1) is 16.2. The molecule has 1 unspecified atom stereocenters. The summed E-state index contributed by atoms with van der Waals surface area (Å²) in [5, 5.41) is 11.5. The average molecular weight is 329 g/mol. The Morgan fingerprint density at radius 3 is 2.88 bits per heavy atom. The number of amides is 1. The molecule has 2 aromatic heterocycles. The smallest absolute Gasteiger partial charge is 0.244 e. The molecule has 126 valence electrons. The van der Waals surface area contributed by atoms with Crippen molar-refractivity contribution in [2.45, 2.75) is 26.3 Å². The van der Waals surface area contributed by atoms with Crippen molar-refractivity contribution in [3.8, 4) is 0 Å². The Balaban J connectivity index is 1.67. The third kappa shape index (κ3) is 2.89. The van der Waals surface area contributed by atoms with Crippen LogP contribution in [0.25, 0.3) is 11.0 Å². The number of hydrogen-bond donors (Lipinski definition) is 1. The Kier molecular flexibility index (Phi) is 4.33. The Hall–Kier alpha value is -2.70. The van der Waals surface area contributed by atoms with Gasteiger partial charge in [0.1, 0.15) is 22.9 Å². The van der Waals surface area contributed by atoms with E-state index in [1.54, 1.807) is 40.7 Å². The summed E-state index contributed by atoms with van der Waals surface area (Å²) in [5.41, 5.74) is 3.17. The second-order valence-electron chi connectivity index (χ2n) is 5.84. The van der Waals surface area contributed by atoms with Gasteiger partial charge in [-0.3, -0.25) is 9.48 Å². The van der Waals surface area contributed by atoms with Crippen LogP contribution in [-0.2, 0) is 18.3 Å². The topological polar surface area (TPSA) is 64.7 Å². The molecule has 2 heterocycles. The largest absolute Gasteiger partial charge is 0.354 e. The number of aryl methyl sites for hydroxylation is 2. The molecule has 3 aromatic rings. The lowest BCUT2D eigenvalue weighted by Crippen LogP contribution is -2.33. The number of fused-ring (bicyclic) bond motifs is 1. The maximum Gasteiger partial charge on any atom is 0.244 e. The summed E-state index contributed by atoms with van der Waals surface area (Å²) >= 11 is 0. The molecule has 0 aliphatic heterocycles. The van der Waals surface area contributed by atoms with Crippen molar-refractivity contribution in [2.75, 3.05) is 6.54 Å². The van der Waals surface area contributed by atoms with Crippen molar-refractivity contribution in [1.82, 2.24) is 24.9 Å². The molecule has 0 bridgehead atoms. The molecule has 0 spiro atoms. The number of rotatable bonds is 5. The van der Waals surface area contributed by atoms with Gasteiger partial charge in [-0.15, -0.1) is 0 Å². The second-order valence-corrected chi connectivity index (χ2v) is 5.84. The summed E-state index contributed by atoms with van der Waals surface area (Å²) in [6.45, 7) is 4.06. The molecular weight excluding hydrogens is 309 g/mol. The van der Waals surface area contributed by atoms with Crippen LogP contribution in [0, 0.1) is 12.7 Å². The van der Waals surface area contributed by atoms with E-state index in [0.29, 0.717) is 18.5 Å². The lowest BCUT2D eigenvalue weighted by molar-refractivity contribution is -0.124. The van der Waals surface area contributed by atoms with Crippen LogP contribution in [0.1, 0.15) is 24.2 Å². The zero-order valence-electron chi connectivity index (χ0n) is 14.0. The van der Waals surface area contributed by atoms with Gasteiger partial charge in [-0.2, -0.15) is 10.2 Å². The van der Waals surface area contributed by atoms with Crippen LogP contribution in [0.4, 0.5) is 4.39 Å². The van der Waals surface area contributed by atoms with Gasteiger partial charge in [0, 0.05) is 13.6 Å². The third-order valence-electron chi connectivity index (χ3n) is 4.17. The molecule has 1 N–H and O–H groups in total. The van der Waals surface area contributed by atoms with Crippen LogP contribution >= 0.6 is 0 Å². The van der Waals surface area contributed by atoms with Crippen molar-refractivity contribution >= 4 is 16.9 Å². The zero-order chi connectivity index (χ0) is 17.3. The second kappa shape index (κ2) is 6.43. The van der Waals surface area contributed by atoms with Gasteiger partial charge in [-0.1, -0.05) is 18.2 Å². The van der Waals surface area contributed by atoms with Crippen LogP contribution in [0.2, 0.25) is 0 Å². The molecule has 0 radical (unpaired) electrons. The number of aromatic nitrogens is 4. The van der Waals surface area contributed by atoms with E-state index in [9.17, 15) is 9.18 Å². The first-order valence-electron chi connectivity index (χ1n) is 7.87. The van der Waals surface area contributed by atoms with Crippen LogP contribution in [-0.4, -0.2) is 32.0 Å². The number of nitrogens with one attached hydrogen (secondary N) is 1. The molecule has 1 aromatic carbocycles. The minimum absolute atomic E-state index is 0.153. The first-order valence-corrected chi connectivity index (χ1v) is 7.87. The predicted molar refractivity (Wildman–Crippen MR) is 89.1 cm³/mol. The molecule has 0 saturated heterocycles. The standard InChI is InChI=1S/C17H20FN5O/c1-11-16-15(22(3)21-11)10-20-23(16)12(2)17(24)19-9-8-13-6-4-5-7-14(13)18/h4-7,10,12H,8-9H2,1-3H3,(H,19,24). The van der Waals surface area contributed by atoms with Gasteiger partial charge in [-0.25, -0.2) is 9.07 Å². The van der Waals surface area contributed by atoms with E-state index in [4.69, 9.17) is 0 Å². The Labute approximate surface area is 139 Å². The summed E-state index contributed by atoms with van der Waals surface area (Å²) in [4.78, 5) is 12.4. The molecule has 1 atom stereocenters. The minimum Gasteiger partial charge on any atom is -0.354 e. The van der Waals surface area contributed by atoms with Crippen LogP contribution < -0.4 is 5.32 Å².